The van der Waals surface area contributed by atoms with Crippen molar-refractivity contribution in [3.8, 4) is 0 Å². The van der Waals surface area contributed by atoms with Crippen LogP contribution in [0.1, 0.15) is 37.7 Å². The SMILES string of the molecule is CC(Br)(C(CC(=O)C1CC1)c1ccccc1)[N+](=O)[O-]. The van der Waals surface area contributed by atoms with Crippen LogP contribution >= 0.6 is 15.9 Å². The maximum absolute atomic E-state index is 12.0. The first-order valence-corrected chi connectivity index (χ1v) is 7.13. The summed E-state index contributed by atoms with van der Waals surface area (Å²) in [4.78, 5) is 22.9. The van der Waals surface area contributed by atoms with Crippen molar-refractivity contribution in [1.29, 1.82) is 0 Å². The van der Waals surface area contributed by atoms with Crippen molar-refractivity contribution in [2.24, 2.45) is 5.92 Å². The minimum absolute atomic E-state index is 0.126. The quantitative estimate of drug-likeness (QED) is 0.348. The van der Waals surface area contributed by atoms with Gasteiger partial charge in [0, 0.05) is 40.1 Å². The first-order chi connectivity index (χ1) is 8.93. The van der Waals surface area contributed by atoms with E-state index in [1.54, 1.807) is 0 Å². The molecule has 0 saturated heterocycles. The largest absolute Gasteiger partial charge is 0.299 e. The molecule has 0 amide bonds. The van der Waals surface area contributed by atoms with Crippen LogP contribution in [0.2, 0.25) is 0 Å². The van der Waals surface area contributed by atoms with Gasteiger partial charge in [0.15, 0.2) is 0 Å². The summed E-state index contributed by atoms with van der Waals surface area (Å²) in [6, 6.07) is 9.22. The lowest BCUT2D eigenvalue weighted by molar-refractivity contribution is -0.535. The predicted octanol–water partition coefficient (Wildman–Crippen LogP) is 3.53. The maximum atomic E-state index is 12.0. The zero-order chi connectivity index (χ0) is 14.0. The van der Waals surface area contributed by atoms with Crippen LogP contribution in [0, 0.1) is 16.0 Å². The number of Topliss-reactive ketones (excluding diaryl/α,β-unsaturated/α-hetero) is 1. The van der Waals surface area contributed by atoms with Gasteiger partial charge in [-0.3, -0.25) is 14.9 Å². The molecule has 5 heteroatoms. The summed E-state index contributed by atoms with van der Waals surface area (Å²) in [6.07, 6.45) is 2.08. The van der Waals surface area contributed by atoms with Crippen molar-refractivity contribution in [3.63, 3.8) is 0 Å². The second-order valence-electron chi connectivity index (χ2n) is 5.19. The number of hydrogen-bond acceptors (Lipinski definition) is 3. The van der Waals surface area contributed by atoms with Crippen LogP contribution in [-0.2, 0) is 4.79 Å². The summed E-state index contributed by atoms with van der Waals surface area (Å²) in [5.41, 5.74) is 0.826. The van der Waals surface area contributed by atoms with Crippen molar-refractivity contribution in [2.75, 3.05) is 0 Å². The molecule has 0 aromatic heterocycles. The summed E-state index contributed by atoms with van der Waals surface area (Å²) >= 11 is 3.20. The smallest absolute Gasteiger partial charge is 0.279 e. The van der Waals surface area contributed by atoms with Gasteiger partial charge in [-0.15, -0.1) is 0 Å². The van der Waals surface area contributed by atoms with Gasteiger partial charge in [-0.25, -0.2) is 0 Å². The summed E-state index contributed by atoms with van der Waals surface area (Å²) in [5, 5.41) is 11.3. The van der Waals surface area contributed by atoms with Crippen molar-refractivity contribution < 1.29 is 9.72 Å². The summed E-state index contributed by atoms with van der Waals surface area (Å²) in [6.45, 7) is 1.52. The highest BCUT2D eigenvalue weighted by Gasteiger charge is 2.46. The van der Waals surface area contributed by atoms with Gasteiger partial charge in [-0.1, -0.05) is 30.3 Å². The van der Waals surface area contributed by atoms with Crippen LogP contribution in [0.15, 0.2) is 30.3 Å². The Kier molecular flexibility index (Phi) is 4.04. The fourth-order valence-corrected chi connectivity index (χ4v) is 2.62. The number of benzene rings is 1. The lowest BCUT2D eigenvalue weighted by atomic mass is 9.87. The Balaban J connectivity index is 2.27. The molecule has 0 heterocycles. The molecule has 1 saturated carbocycles. The van der Waals surface area contributed by atoms with Crippen LogP contribution in [0.25, 0.3) is 0 Å². The van der Waals surface area contributed by atoms with Crippen LogP contribution in [0.4, 0.5) is 0 Å². The molecule has 2 unspecified atom stereocenters. The molecule has 2 rings (SSSR count). The van der Waals surface area contributed by atoms with Gasteiger partial charge in [-0.05, 0) is 18.4 Å². The normalized spacial score (nSPS) is 19.5. The standard InChI is InChI=1S/C14H16BrNO3/c1-14(15,16(18)19)12(9-13(17)11-7-8-11)10-5-3-2-4-6-10/h2-6,11-12H,7-9H2,1H3. The highest BCUT2D eigenvalue weighted by molar-refractivity contribution is 9.10. The lowest BCUT2D eigenvalue weighted by Gasteiger charge is -2.25. The number of carbonyl (C=O) groups excluding carboxylic acids is 1. The Morgan fingerprint density at radius 1 is 1.47 bits per heavy atom. The monoisotopic (exact) mass is 325 g/mol. The van der Waals surface area contributed by atoms with Gasteiger partial charge >= 0.3 is 0 Å². The van der Waals surface area contributed by atoms with E-state index >= 15 is 0 Å². The van der Waals surface area contributed by atoms with Gasteiger partial charge < -0.3 is 0 Å². The molecule has 2 atom stereocenters. The van der Waals surface area contributed by atoms with E-state index in [-0.39, 0.29) is 23.0 Å². The molecule has 0 spiro atoms. The number of nitro groups is 1. The minimum atomic E-state index is -1.32. The van der Waals surface area contributed by atoms with E-state index in [0.717, 1.165) is 18.4 Å². The zero-order valence-electron chi connectivity index (χ0n) is 10.7. The molecule has 4 nitrogen and oxygen atoms in total. The van der Waals surface area contributed by atoms with Gasteiger partial charge in [0.25, 0.3) is 4.45 Å². The number of rotatable bonds is 6. The third kappa shape index (κ3) is 3.21. The van der Waals surface area contributed by atoms with E-state index in [2.05, 4.69) is 15.9 Å². The van der Waals surface area contributed by atoms with Crippen LogP contribution in [0.5, 0.6) is 0 Å². The zero-order valence-corrected chi connectivity index (χ0v) is 12.3. The molecule has 0 aliphatic heterocycles. The Morgan fingerprint density at radius 2 is 2.05 bits per heavy atom. The van der Waals surface area contributed by atoms with Gasteiger partial charge in [0.2, 0.25) is 0 Å². The van der Waals surface area contributed by atoms with Crippen LogP contribution < -0.4 is 0 Å². The summed E-state index contributed by atoms with van der Waals surface area (Å²) < 4.78 is -1.32. The Bertz CT molecular complexity index is 483. The Labute approximate surface area is 120 Å². The van der Waals surface area contributed by atoms with E-state index in [1.165, 1.54) is 6.92 Å². The fourth-order valence-electron chi connectivity index (χ4n) is 2.19. The van der Waals surface area contributed by atoms with E-state index < -0.39 is 10.4 Å². The first-order valence-electron chi connectivity index (χ1n) is 6.34. The fraction of sp³-hybridized carbons (Fsp3) is 0.500. The third-order valence-corrected chi connectivity index (χ3v) is 4.48. The molecule has 0 radical (unpaired) electrons. The van der Waals surface area contributed by atoms with E-state index in [1.807, 2.05) is 30.3 Å². The Morgan fingerprint density at radius 3 is 2.53 bits per heavy atom. The topological polar surface area (TPSA) is 60.2 Å². The molecular weight excluding hydrogens is 310 g/mol. The molecule has 102 valence electrons. The van der Waals surface area contributed by atoms with Crippen LogP contribution in [-0.4, -0.2) is 15.2 Å². The van der Waals surface area contributed by atoms with Crippen molar-refractivity contribution >= 4 is 21.7 Å². The second-order valence-corrected chi connectivity index (χ2v) is 6.79. The number of hydrogen-bond donors (Lipinski definition) is 0. The Hall–Kier alpha value is -1.23. The van der Waals surface area contributed by atoms with E-state index in [0.29, 0.717) is 0 Å². The molecule has 1 aromatic carbocycles. The lowest BCUT2D eigenvalue weighted by Crippen LogP contribution is -2.36. The van der Waals surface area contributed by atoms with Gasteiger partial charge in [0.05, 0.1) is 5.92 Å². The molecular formula is C14H16BrNO3. The molecule has 19 heavy (non-hydrogen) atoms. The van der Waals surface area contributed by atoms with Crippen molar-refractivity contribution in [2.45, 2.75) is 36.6 Å². The summed E-state index contributed by atoms with van der Waals surface area (Å²) in [5.74, 6) is -0.181. The highest BCUT2D eigenvalue weighted by Crippen LogP contribution is 2.41. The molecule has 1 aliphatic rings. The molecule has 1 aliphatic carbocycles. The maximum Gasteiger partial charge on any atom is 0.279 e. The number of nitrogens with zero attached hydrogens (tertiary/aromatic N) is 1. The number of carbonyl (C=O) groups is 1. The number of alkyl halides is 1. The molecule has 0 bridgehead atoms. The second kappa shape index (κ2) is 5.41. The number of halogens is 1. The summed E-state index contributed by atoms with van der Waals surface area (Å²) in [7, 11) is 0. The number of ketones is 1. The first kappa shape index (κ1) is 14.2. The predicted molar refractivity (Wildman–Crippen MR) is 75.9 cm³/mol. The van der Waals surface area contributed by atoms with Crippen molar-refractivity contribution in [1.82, 2.24) is 0 Å². The van der Waals surface area contributed by atoms with E-state index in [4.69, 9.17) is 0 Å². The minimum Gasteiger partial charge on any atom is -0.299 e. The third-order valence-electron chi connectivity index (χ3n) is 3.63. The highest BCUT2D eigenvalue weighted by atomic mass is 79.9. The van der Waals surface area contributed by atoms with Gasteiger partial charge in [0.1, 0.15) is 5.78 Å². The van der Waals surface area contributed by atoms with Crippen LogP contribution in [0.3, 0.4) is 0 Å². The van der Waals surface area contributed by atoms with Crippen molar-refractivity contribution in [3.05, 3.63) is 46.0 Å². The molecule has 1 aromatic rings. The van der Waals surface area contributed by atoms with E-state index in [9.17, 15) is 14.9 Å². The van der Waals surface area contributed by atoms with Gasteiger partial charge in [-0.2, -0.15) is 0 Å². The average Bonchev–Trinajstić information content (AvgIpc) is 3.20. The molecule has 1 fully saturated rings. The molecule has 0 N–H and O–H groups in total. The average molecular weight is 326 g/mol.